The maximum Gasteiger partial charge on any atom is 0.416 e. The van der Waals surface area contributed by atoms with E-state index in [1.807, 2.05) is 31.2 Å². The highest BCUT2D eigenvalue weighted by Crippen LogP contribution is 2.29. The fourth-order valence-corrected chi connectivity index (χ4v) is 2.85. The minimum Gasteiger partial charge on any atom is -0.282 e. The Morgan fingerprint density at radius 3 is 2.39 bits per heavy atom. The zero-order chi connectivity index (χ0) is 17.0. The lowest BCUT2D eigenvalue weighted by atomic mass is 10.1. The minimum atomic E-state index is -4.44. The lowest BCUT2D eigenvalue weighted by molar-refractivity contribution is -0.137. The first-order chi connectivity index (χ1) is 10.8. The molecule has 120 valence electrons. The zero-order valence-corrected chi connectivity index (χ0v) is 13.9. The quantitative estimate of drug-likeness (QED) is 0.366. The van der Waals surface area contributed by atoms with Crippen LogP contribution in [0.15, 0.2) is 58.4 Å². The summed E-state index contributed by atoms with van der Waals surface area (Å²) >= 11 is 4.58. The van der Waals surface area contributed by atoms with E-state index in [2.05, 4.69) is 17.6 Å². The molecule has 0 unspecified atom stereocenters. The van der Waals surface area contributed by atoms with Crippen molar-refractivity contribution in [2.75, 3.05) is 0 Å². The van der Waals surface area contributed by atoms with Gasteiger partial charge in [0.05, 0.1) is 5.56 Å². The van der Waals surface area contributed by atoms with Crippen LogP contribution in [0, 0.1) is 12.3 Å². The maximum absolute atomic E-state index is 12.7. The van der Waals surface area contributed by atoms with Gasteiger partial charge in [-0.05, 0) is 43.0 Å². The van der Waals surface area contributed by atoms with Gasteiger partial charge in [-0.25, -0.2) is 0 Å². The summed E-state index contributed by atoms with van der Waals surface area (Å²) < 4.78 is 38.5. The highest BCUT2D eigenvalue weighted by Gasteiger charge is 2.30. The molecule has 7 heteroatoms. The van der Waals surface area contributed by atoms with Crippen molar-refractivity contribution in [3.05, 3.63) is 65.2 Å². The summed E-state index contributed by atoms with van der Waals surface area (Å²) in [6, 6.07) is 12.3. The van der Waals surface area contributed by atoms with E-state index in [0.29, 0.717) is 4.38 Å². The molecular formula is C16H14F3N2S2+. The topological polar surface area (TPSA) is 36.2 Å². The van der Waals surface area contributed by atoms with Gasteiger partial charge in [-0.1, -0.05) is 29.8 Å². The molecule has 0 saturated heterocycles. The molecule has 2 rings (SSSR count). The van der Waals surface area contributed by atoms with Crippen molar-refractivity contribution >= 4 is 34.6 Å². The molecule has 2 nitrogen and oxygen atoms in total. The molecule has 0 aliphatic carbocycles. The fraction of sp³-hybridized carbons (Fsp3) is 0.125. The number of hydrogen-bond acceptors (Lipinski definition) is 2. The summed E-state index contributed by atoms with van der Waals surface area (Å²) in [5, 5.41) is 7.86. The molecule has 0 bridgehead atoms. The van der Waals surface area contributed by atoms with E-state index in [9.17, 15) is 13.2 Å². The number of nitrogens with one attached hydrogen (secondary N) is 1. The number of nitrogens with zero attached hydrogens (tertiary/aromatic N) is 1. The van der Waals surface area contributed by atoms with Gasteiger partial charge in [-0.2, -0.15) is 18.2 Å². The van der Waals surface area contributed by atoms with Crippen LogP contribution in [0.1, 0.15) is 16.7 Å². The molecule has 0 atom stereocenters. The second-order valence-electron chi connectivity index (χ2n) is 4.76. The van der Waals surface area contributed by atoms with Crippen molar-refractivity contribution in [1.29, 1.82) is 5.41 Å². The number of aryl methyl sites for hydroxylation is 1. The molecule has 0 saturated carbocycles. The minimum absolute atomic E-state index is 0.111. The summed E-state index contributed by atoms with van der Waals surface area (Å²) in [6.07, 6.45) is -4.44. The molecule has 23 heavy (non-hydrogen) atoms. The third kappa shape index (κ3) is 5.14. The number of aliphatic imine (C=N–C) groups is 1. The van der Waals surface area contributed by atoms with Gasteiger partial charge in [0.2, 0.25) is 0 Å². The first kappa shape index (κ1) is 17.6. The third-order valence-electron chi connectivity index (χ3n) is 2.91. The molecule has 0 radical (unpaired) electrons. The zero-order valence-electron chi connectivity index (χ0n) is 12.1. The Morgan fingerprint density at radius 2 is 1.78 bits per heavy atom. The lowest BCUT2D eigenvalue weighted by Gasteiger charge is -2.07. The van der Waals surface area contributed by atoms with E-state index in [1.54, 1.807) is 0 Å². The van der Waals surface area contributed by atoms with Crippen LogP contribution in [-0.4, -0.2) is 10.2 Å². The second kappa shape index (κ2) is 7.23. The Morgan fingerprint density at radius 1 is 1.13 bits per heavy atom. The maximum atomic E-state index is 12.7. The van der Waals surface area contributed by atoms with E-state index in [4.69, 9.17) is 5.41 Å². The van der Waals surface area contributed by atoms with Gasteiger partial charge < -0.3 is 0 Å². The van der Waals surface area contributed by atoms with Crippen molar-refractivity contribution in [3.63, 3.8) is 0 Å². The Kier molecular flexibility index (Phi) is 5.54. The van der Waals surface area contributed by atoms with Gasteiger partial charge in [0.25, 0.3) is 4.38 Å². The van der Waals surface area contributed by atoms with Crippen LogP contribution in [0.2, 0.25) is 0 Å². The van der Waals surface area contributed by atoms with E-state index in [-0.39, 0.29) is 11.4 Å². The summed E-state index contributed by atoms with van der Waals surface area (Å²) in [5.74, 6) is -0.235. The molecule has 2 aromatic rings. The number of amidine groups is 1. The van der Waals surface area contributed by atoms with Crippen molar-refractivity contribution < 1.29 is 13.2 Å². The van der Waals surface area contributed by atoms with Crippen LogP contribution in [0.5, 0.6) is 0 Å². The van der Waals surface area contributed by atoms with Crippen molar-refractivity contribution in [2.45, 2.75) is 18.0 Å². The van der Waals surface area contributed by atoms with Crippen LogP contribution >= 0.6 is 11.8 Å². The Labute approximate surface area is 141 Å². The standard InChI is InChI=1S/C16H13F3N2S2/c1-10-5-7-13(8-6-10)23-15(22)21-14(20)11-3-2-4-12(9-11)16(17,18)19/h2-9H,1H3,(H2,20,21,22)/p+1. The fourth-order valence-electron chi connectivity index (χ4n) is 1.75. The Bertz CT molecular complexity index is 738. The number of rotatable bonds is 2. The van der Waals surface area contributed by atoms with Crippen molar-refractivity contribution in [3.8, 4) is 0 Å². The summed E-state index contributed by atoms with van der Waals surface area (Å²) in [6.45, 7) is 1.97. The molecule has 0 aliphatic rings. The molecule has 0 amide bonds. The van der Waals surface area contributed by atoms with Crippen LogP contribution in [-0.2, 0) is 18.8 Å². The number of benzene rings is 2. The number of hydrogen-bond donors (Lipinski definition) is 1. The first-order valence-electron chi connectivity index (χ1n) is 6.57. The largest absolute Gasteiger partial charge is 0.416 e. The molecular weight excluding hydrogens is 341 g/mol. The first-order valence-corrected chi connectivity index (χ1v) is 7.88. The van der Waals surface area contributed by atoms with E-state index in [0.717, 1.165) is 22.6 Å². The van der Waals surface area contributed by atoms with Gasteiger partial charge in [0.1, 0.15) is 0 Å². The summed E-state index contributed by atoms with van der Waals surface area (Å²) in [4.78, 5) is 4.92. The average Bonchev–Trinajstić information content (AvgIpc) is 2.49. The van der Waals surface area contributed by atoms with Crippen LogP contribution < -0.4 is 0 Å². The molecule has 0 aliphatic heterocycles. The number of thioether (sulfide) groups is 1. The van der Waals surface area contributed by atoms with Crippen molar-refractivity contribution in [2.24, 2.45) is 4.99 Å². The van der Waals surface area contributed by atoms with E-state index in [1.165, 1.54) is 23.9 Å². The normalized spacial score (nSPS) is 12.3. The van der Waals surface area contributed by atoms with E-state index >= 15 is 0 Å². The average molecular weight is 355 g/mol. The highest BCUT2D eigenvalue weighted by molar-refractivity contribution is 8.27. The highest BCUT2D eigenvalue weighted by atomic mass is 32.2. The van der Waals surface area contributed by atoms with Gasteiger partial charge in [0, 0.05) is 23.1 Å². The smallest absolute Gasteiger partial charge is 0.282 e. The number of alkyl halides is 3. The predicted octanol–water partition coefficient (Wildman–Crippen LogP) is 4.50. The predicted molar refractivity (Wildman–Crippen MR) is 92.9 cm³/mol. The monoisotopic (exact) mass is 355 g/mol. The lowest BCUT2D eigenvalue weighted by Crippen LogP contribution is -2.07. The SMILES string of the molecule is Cc1ccc(SC([SH2+])=NC(=N)c2cccc(C(F)(F)F)c2)cc1. The van der Waals surface area contributed by atoms with Crippen LogP contribution in [0.4, 0.5) is 13.2 Å². The molecule has 2 aromatic carbocycles. The van der Waals surface area contributed by atoms with Gasteiger partial charge in [-0.3, -0.25) is 5.41 Å². The molecule has 1 N–H and O–H groups in total. The second-order valence-corrected chi connectivity index (χ2v) is 6.66. The van der Waals surface area contributed by atoms with Gasteiger partial charge >= 0.3 is 6.18 Å². The molecule has 0 heterocycles. The number of halogens is 3. The van der Waals surface area contributed by atoms with Crippen LogP contribution in [0.25, 0.3) is 0 Å². The van der Waals surface area contributed by atoms with Gasteiger partial charge in [-0.15, -0.1) is 0 Å². The molecule has 0 spiro atoms. The summed E-state index contributed by atoms with van der Waals surface area (Å²) in [7, 11) is 0. The summed E-state index contributed by atoms with van der Waals surface area (Å²) in [5.41, 5.74) is 0.440. The Hall–Kier alpha value is -1.73. The van der Waals surface area contributed by atoms with Crippen LogP contribution in [0.3, 0.4) is 0 Å². The van der Waals surface area contributed by atoms with Gasteiger partial charge in [0.15, 0.2) is 5.84 Å². The van der Waals surface area contributed by atoms with Crippen molar-refractivity contribution in [1.82, 2.24) is 0 Å². The molecule has 0 aromatic heterocycles. The third-order valence-corrected chi connectivity index (χ3v) is 4.12. The van der Waals surface area contributed by atoms with E-state index < -0.39 is 11.7 Å². The molecule has 0 fully saturated rings. The Balaban J connectivity index is 2.15.